The summed E-state index contributed by atoms with van der Waals surface area (Å²) in [7, 11) is 1.13. The van der Waals surface area contributed by atoms with Crippen molar-refractivity contribution in [3.8, 4) is 0 Å². The molecule has 0 bridgehead atoms. The zero-order chi connectivity index (χ0) is 18.3. The van der Waals surface area contributed by atoms with Crippen LogP contribution in [0.5, 0.6) is 0 Å². The second-order valence-corrected chi connectivity index (χ2v) is 6.39. The minimum absolute atomic E-state index is 0.00776. The predicted octanol–water partition coefficient (Wildman–Crippen LogP) is 2.20. The Kier molecular flexibility index (Phi) is 6.76. The normalized spacial score (nSPS) is 13.5. The number of amides is 1. The largest absolute Gasteiger partial charge is 0.481 e. The molecule has 0 spiro atoms. The van der Waals surface area contributed by atoms with Crippen molar-refractivity contribution in [2.75, 3.05) is 7.11 Å². The summed E-state index contributed by atoms with van der Waals surface area (Å²) >= 11 is 0. The van der Waals surface area contributed by atoms with Crippen molar-refractivity contribution < 1.29 is 29.0 Å². The molecule has 1 amide bonds. The van der Waals surface area contributed by atoms with Gasteiger partial charge in [-0.3, -0.25) is 4.79 Å². The number of aliphatic carboxylic acids is 1. The van der Waals surface area contributed by atoms with Gasteiger partial charge < -0.3 is 19.9 Å². The quantitative estimate of drug-likeness (QED) is 0.772. The molecule has 0 aliphatic rings. The third-order valence-electron chi connectivity index (χ3n) is 3.47. The first-order chi connectivity index (χ1) is 11.2. The second-order valence-electron chi connectivity index (χ2n) is 6.39. The van der Waals surface area contributed by atoms with Crippen LogP contribution in [0.25, 0.3) is 0 Å². The van der Waals surface area contributed by atoms with Crippen LogP contribution in [0.4, 0.5) is 4.79 Å². The first-order valence-electron chi connectivity index (χ1n) is 7.44. The van der Waals surface area contributed by atoms with Gasteiger partial charge in [0.2, 0.25) is 0 Å². The summed E-state index contributed by atoms with van der Waals surface area (Å²) in [5.74, 6) is -3.22. The smallest absolute Gasteiger partial charge is 0.408 e. The van der Waals surface area contributed by atoms with Crippen LogP contribution in [0.1, 0.15) is 26.3 Å². The molecule has 0 saturated carbocycles. The van der Waals surface area contributed by atoms with E-state index in [9.17, 15) is 19.5 Å². The summed E-state index contributed by atoms with van der Waals surface area (Å²) in [6, 6.07) is 7.63. The Labute approximate surface area is 141 Å². The summed E-state index contributed by atoms with van der Waals surface area (Å²) in [4.78, 5) is 35.5. The van der Waals surface area contributed by atoms with Crippen molar-refractivity contribution in [2.45, 2.75) is 33.4 Å². The van der Waals surface area contributed by atoms with Crippen LogP contribution < -0.4 is 5.32 Å². The first-order valence-corrected chi connectivity index (χ1v) is 7.44. The summed E-state index contributed by atoms with van der Waals surface area (Å²) in [6.07, 6.45) is -0.884. The van der Waals surface area contributed by atoms with Gasteiger partial charge in [0.05, 0.1) is 13.0 Å². The van der Waals surface area contributed by atoms with E-state index < -0.39 is 35.4 Å². The highest BCUT2D eigenvalue weighted by molar-refractivity contribution is 5.87. The fourth-order valence-corrected chi connectivity index (χ4v) is 2.31. The van der Waals surface area contributed by atoms with Crippen LogP contribution in [0.2, 0.25) is 0 Å². The van der Waals surface area contributed by atoms with Crippen molar-refractivity contribution in [1.29, 1.82) is 0 Å². The van der Waals surface area contributed by atoms with Crippen molar-refractivity contribution in [2.24, 2.45) is 11.3 Å². The van der Waals surface area contributed by atoms with Gasteiger partial charge in [0.1, 0.15) is 12.6 Å². The number of ether oxygens (including phenoxy) is 2. The van der Waals surface area contributed by atoms with Crippen LogP contribution in [0.3, 0.4) is 0 Å². The molecule has 0 heterocycles. The standard InChI is InChI=1S/C17H23NO6/c1-17(2,3)12(14(19)20)13(15(21)23-4)18-16(22)24-10-11-8-6-5-7-9-11/h5-9,12-13H,10H2,1-4H3,(H,18,22)(H,19,20)/t12?,13-/m0/s1. The Morgan fingerprint density at radius 2 is 1.75 bits per heavy atom. The minimum atomic E-state index is -1.35. The monoisotopic (exact) mass is 337 g/mol. The topological polar surface area (TPSA) is 102 Å². The Morgan fingerprint density at radius 1 is 1.17 bits per heavy atom. The van der Waals surface area contributed by atoms with E-state index in [4.69, 9.17) is 4.74 Å². The molecule has 2 N–H and O–H groups in total. The lowest BCUT2D eigenvalue weighted by molar-refractivity contribution is -0.156. The molecule has 7 heteroatoms. The van der Waals surface area contributed by atoms with Gasteiger partial charge in [-0.25, -0.2) is 9.59 Å². The SMILES string of the molecule is COC(=O)[C@@H](NC(=O)OCc1ccccc1)C(C(=O)O)C(C)(C)C. The molecule has 132 valence electrons. The molecule has 1 aromatic rings. The van der Waals surface area contributed by atoms with Gasteiger partial charge in [0, 0.05) is 0 Å². The van der Waals surface area contributed by atoms with Crippen molar-refractivity contribution in [3.05, 3.63) is 35.9 Å². The van der Waals surface area contributed by atoms with Gasteiger partial charge in [-0.2, -0.15) is 0 Å². The number of methoxy groups -OCH3 is 1. The molecule has 2 atom stereocenters. The number of esters is 1. The van der Waals surface area contributed by atoms with Crippen molar-refractivity contribution >= 4 is 18.0 Å². The number of alkyl carbamates (subject to hydrolysis) is 1. The van der Waals surface area contributed by atoms with Gasteiger partial charge in [0.25, 0.3) is 0 Å². The molecule has 1 rings (SSSR count). The number of hydrogen-bond donors (Lipinski definition) is 2. The number of carbonyl (C=O) groups excluding carboxylic acids is 2. The van der Waals surface area contributed by atoms with Gasteiger partial charge in [-0.05, 0) is 11.0 Å². The number of rotatable bonds is 6. The highest BCUT2D eigenvalue weighted by Gasteiger charge is 2.43. The summed E-state index contributed by atoms with van der Waals surface area (Å²) in [5, 5.41) is 11.8. The highest BCUT2D eigenvalue weighted by Crippen LogP contribution is 2.29. The number of carboxylic acids is 1. The molecule has 0 saturated heterocycles. The van der Waals surface area contributed by atoms with Gasteiger partial charge in [-0.1, -0.05) is 51.1 Å². The first kappa shape index (κ1) is 19.5. The molecule has 0 radical (unpaired) electrons. The Balaban J connectivity index is 2.83. The van der Waals surface area contributed by atoms with Crippen LogP contribution in [0.15, 0.2) is 30.3 Å². The molecule has 0 fully saturated rings. The van der Waals surface area contributed by atoms with E-state index in [1.54, 1.807) is 45.0 Å². The molecule has 7 nitrogen and oxygen atoms in total. The van der Waals surface area contributed by atoms with E-state index in [-0.39, 0.29) is 6.61 Å². The van der Waals surface area contributed by atoms with Crippen LogP contribution >= 0.6 is 0 Å². The Hall–Kier alpha value is -2.57. The predicted molar refractivity (Wildman–Crippen MR) is 86.1 cm³/mol. The maximum Gasteiger partial charge on any atom is 0.408 e. The number of benzene rings is 1. The zero-order valence-electron chi connectivity index (χ0n) is 14.2. The van der Waals surface area contributed by atoms with Gasteiger partial charge >= 0.3 is 18.0 Å². The molecule has 24 heavy (non-hydrogen) atoms. The summed E-state index contributed by atoms with van der Waals surface area (Å²) in [6.45, 7) is 5.00. The average molecular weight is 337 g/mol. The lowest BCUT2D eigenvalue weighted by Crippen LogP contribution is -2.53. The lowest BCUT2D eigenvalue weighted by Gasteiger charge is -2.32. The Bertz CT molecular complexity index is 578. The third kappa shape index (κ3) is 5.57. The number of hydrogen-bond acceptors (Lipinski definition) is 5. The van der Waals surface area contributed by atoms with Gasteiger partial charge in [-0.15, -0.1) is 0 Å². The summed E-state index contributed by atoms with van der Waals surface area (Å²) < 4.78 is 9.67. The van der Waals surface area contributed by atoms with Gasteiger partial charge in [0.15, 0.2) is 0 Å². The fourth-order valence-electron chi connectivity index (χ4n) is 2.31. The molecule has 1 unspecified atom stereocenters. The average Bonchev–Trinajstić information content (AvgIpc) is 2.50. The zero-order valence-corrected chi connectivity index (χ0v) is 14.2. The van der Waals surface area contributed by atoms with Crippen LogP contribution in [0, 0.1) is 11.3 Å². The van der Waals surface area contributed by atoms with E-state index in [0.717, 1.165) is 12.7 Å². The molecule has 0 aliphatic heterocycles. The van der Waals surface area contributed by atoms with Crippen molar-refractivity contribution in [3.63, 3.8) is 0 Å². The molecular weight excluding hydrogens is 314 g/mol. The molecule has 0 aromatic heterocycles. The van der Waals surface area contributed by atoms with E-state index in [1.165, 1.54) is 0 Å². The number of carbonyl (C=O) groups is 3. The van der Waals surface area contributed by atoms with E-state index in [2.05, 4.69) is 10.1 Å². The van der Waals surface area contributed by atoms with Crippen LogP contribution in [-0.4, -0.2) is 36.3 Å². The highest BCUT2D eigenvalue weighted by atomic mass is 16.6. The second kappa shape index (κ2) is 8.33. The van der Waals surface area contributed by atoms with E-state index in [1.807, 2.05) is 6.07 Å². The number of carboxylic acid groups (broad SMARTS) is 1. The number of nitrogens with one attached hydrogen (secondary N) is 1. The maximum absolute atomic E-state index is 12.0. The summed E-state index contributed by atoms with van der Waals surface area (Å²) in [5.41, 5.74) is -0.00918. The molecule has 0 aliphatic carbocycles. The van der Waals surface area contributed by atoms with E-state index in [0.29, 0.717) is 0 Å². The third-order valence-corrected chi connectivity index (χ3v) is 3.47. The molecule has 1 aromatic carbocycles. The van der Waals surface area contributed by atoms with E-state index >= 15 is 0 Å². The molecular formula is C17H23NO6. The van der Waals surface area contributed by atoms with Crippen molar-refractivity contribution in [1.82, 2.24) is 5.32 Å². The van der Waals surface area contributed by atoms with Crippen LogP contribution in [-0.2, 0) is 25.7 Å². The minimum Gasteiger partial charge on any atom is -0.481 e. The Morgan fingerprint density at radius 3 is 2.21 bits per heavy atom. The fraction of sp³-hybridized carbons (Fsp3) is 0.471. The maximum atomic E-state index is 12.0. The lowest BCUT2D eigenvalue weighted by atomic mass is 9.76.